The highest BCUT2D eigenvalue weighted by Crippen LogP contribution is 2.39. The topological polar surface area (TPSA) is 60.7 Å². The van der Waals surface area contributed by atoms with E-state index in [1.165, 1.54) is 0 Å². The van der Waals surface area contributed by atoms with Gasteiger partial charge < -0.3 is 15.3 Å². The lowest BCUT2D eigenvalue weighted by molar-refractivity contribution is 0.465. The molecule has 3 nitrogen and oxygen atoms in total. The van der Waals surface area contributed by atoms with Gasteiger partial charge in [0.05, 0.1) is 0 Å². The summed E-state index contributed by atoms with van der Waals surface area (Å²) < 4.78 is 0. The summed E-state index contributed by atoms with van der Waals surface area (Å²) >= 11 is 0. The van der Waals surface area contributed by atoms with Crippen molar-refractivity contribution in [1.82, 2.24) is 0 Å². The van der Waals surface area contributed by atoms with Crippen molar-refractivity contribution in [3.63, 3.8) is 0 Å². The molecule has 0 spiro atoms. The van der Waals surface area contributed by atoms with Crippen molar-refractivity contribution in [2.75, 3.05) is 0 Å². The van der Waals surface area contributed by atoms with E-state index in [4.69, 9.17) is 0 Å². The van der Waals surface area contributed by atoms with Gasteiger partial charge in [0.25, 0.3) is 0 Å². The Morgan fingerprint density at radius 2 is 1.15 bits per heavy atom. The fraction of sp³-hybridized carbons (Fsp3) is 0.217. The zero-order valence-corrected chi connectivity index (χ0v) is 15.1. The molecule has 0 heterocycles. The Labute approximate surface area is 154 Å². The molecule has 3 N–H and O–H groups in total. The van der Waals surface area contributed by atoms with Crippen LogP contribution in [0.1, 0.15) is 47.6 Å². The van der Waals surface area contributed by atoms with Crippen LogP contribution in [0.15, 0.2) is 60.7 Å². The van der Waals surface area contributed by atoms with E-state index in [1.54, 1.807) is 24.3 Å². The van der Waals surface area contributed by atoms with Crippen LogP contribution in [-0.2, 0) is 12.8 Å². The summed E-state index contributed by atoms with van der Waals surface area (Å²) in [7, 11) is 0. The highest BCUT2D eigenvalue weighted by molar-refractivity contribution is 5.52. The average Bonchev–Trinajstić information content (AvgIpc) is 2.66. The number of hydrogen-bond acceptors (Lipinski definition) is 3. The predicted octanol–water partition coefficient (Wildman–Crippen LogP) is 5.11. The minimum atomic E-state index is -0.187. The zero-order valence-electron chi connectivity index (χ0n) is 15.1. The molecule has 0 aliphatic heterocycles. The molecule has 0 fully saturated rings. The molecule has 3 heteroatoms. The molecule has 0 saturated carbocycles. The fourth-order valence-electron chi connectivity index (χ4n) is 3.42. The number of aromatic hydroxyl groups is 3. The maximum Gasteiger partial charge on any atom is 0.119 e. The van der Waals surface area contributed by atoms with Gasteiger partial charge in [-0.05, 0) is 53.3 Å². The molecule has 0 aromatic heterocycles. The SMILES string of the molecule is CCc1cc(C(c2ccc(O)c(CC)c2)c2ccccc2O)ccc1O. The molecule has 0 bridgehead atoms. The molecule has 26 heavy (non-hydrogen) atoms. The third kappa shape index (κ3) is 3.38. The Hall–Kier alpha value is -2.94. The number of aryl methyl sites for hydroxylation is 2. The normalized spacial score (nSPS) is 11.0. The largest absolute Gasteiger partial charge is 0.508 e. The van der Waals surface area contributed by atoms with Gasteiger partial charge in [-0.15, -0.1) is 0 Å². The van der Waals surface area contributed by atoms with Gasteiger partial charge in [0, 0.05) is 11.5 Å². The van der Waals surface area contributed by atoms with Gasteiger partial charge in [-0.2, -0.15) is 0 Å². The Kier molecular flexibility index (Phi) is 5.17. The van der Waals surface area contributed by atoms with Gasteiger partial charge in [-0.3, -0.25) is 0 Å². The Balaban J connectivity index is 2.22. The van der Waals surface area contributed by atoms with E-state index < -0.39 is 0 Å². The van der Waals surface area contributed by atoms with Crippen LogP contribution in [0.2, 0.25) is 0 Å². The quantitative estimate of drug-likeness (QED) is 0.562. The highest BCUT2D eigenvalue weighted by Gasteiger charge is 2.21. The lowest BCUT2D eigenvalue weighted by atomic mass is 9.83. The number of phenols is 3. The van der Waals surface area contributed by atoms with E-state index in [0.29, 0.717) is 0 Å². The monoisotopic (exact) mass is 348 g/mol. The van der Waals surface area contributed by atoms with Gasteiger partial charge in [-0.1, -0.05) is 56.3 Å². The van der Waals surface area contributed by atoms with E-state index in [1.807, 2.05) is 50.2 Å². The van der Waals surface area contributed by atoms with E-state index in [2.05, 4.69) is 0 Å². The van der Waals surface area contributed by atoms with Crippen molar-refractivity contribution in [2.24, 2.45) is 0 Å². The van der Waals surface area contributed by atoms with Crippen molar-refractivity contribution in [3.8, 4) is 17.2 Å². The van der Waals surface area contributed by atoms with E-state index >= 15 is 0 Å². The molecule has 3 rings (SSSR count). The van der Waals surface area contributed by atoms with Crippen molar-refractivity contribution < 1.29 is 15.3 Å². The van der Waals surface area contributed by atoms with Crippen molar-refractivity contribution >= 4 is 0 Å². The minimum Gasteiger partial charge on any atom is -0.508 e. The van der Waals surface area contributed by atoms with E-state index in [-0.39, 0.29) is 23.2 Å². The second-order valence-corrected chi connectivity index (χ2v) is 6.48. The fourth-order valence-corrected chi connectivity index (χ4v) is 3.42. The molecule has 0 saturated heterocycles. The van der Waals surface area contributed by atoms with Gasteiger partial charge in [-0.25, -0.2) is 0 Å². The molecule has 3 aromatic rings. The number of phenolic OH excluding ortho intramolecular Hbond substituents is 3. The first-order chi connectivity index (χ1) is 12.5. The van der Waals surface area contributed by atoms with Gasteiger partial charge >= 0.3 is 0 Å². The minimum absolute atomic E-state index is 0.187. The molecular weight excluding hydrogens is 324 g/mol. The van der Waals surface area contributed by atoms with Gasteiger partial charge in [0.1, 0.15) is 17.2 Å². The second-order valence-electron chi connectivity index (χ2n) is 6.48. The second kappa shape index (κ2) is 7.52. The number of rotatable bonds is 5. The summed E-state index contributed by atoms with van der Waals surface area (Å²) in [6.07, 6.45) is 1.45. The third-order valence-electron chi connectivity index (χ3n) is 4.88. The zero-order chi connectivity index (χ0) is 18.7. The van der Waals surface area contributed by atoms with Crippen LogP contribution in [0, 0.1) is 0 Å². The molecule has 0 aliphatic rings. The lowest BCUT2D eigenvalue weighted by Crippen LogP contribution is -2.05. The van der Waals surface area contributed by atoms with Crippen LogP contribution < -0.4 is 0 Å². The third-order valence-corrected chi connectivity index (χ3v) is 4.88. The first kappa shape index (κ1) is 17.9. The lowest BCUT2D eigenvalue weighted by Gasteiger charge is -2.22. The molecule has 0 atom stereocenters. The Morgan fingerprint density at radius 1 is 0.654 bits per heavy atom. The number of para-hydroxylation sites is 1. The summed E-state index contributed by atoms with van der Waals surface area (Å²) in [5.41, 5.74) is 4.53. The molecule has 0 aliphatic carbocycles. The smallest absolute Gasteiger partial charge is 0.119 e. The van der Waals surface area contributed by atoms with Crippen molar-refractivity contribution in [3.05, 3.63) is 88.5 Å². The molecule has 0 radical (unpaired) electrons. The van der Waals surface area contributed by atoms with Crippen LogP contribution in [0.25, 0.3) is 0 Å². The molecule has 0 amide bonds. The molecule has 134 valence electrons. The first-order valence-electron chi connectivity index (χ1n) is 8.96. The van der Waals surface area contributed by atoms with Crippen LogP contribution in [0.3, 0.4) is 0 Å². The van der Waals surface area contributed by atoms with E-state index in [9.17, 15) is 15.3 Å². The maximum atomic E-state index is 10.5. The van der Waals surface area contributed by atoms with E-state index in [0.717, 1.165) is 40.7 Å². The molecule has 3 aromatic carbocycles. The number of benzene rings is 3. The summed E-state index contributed by atoms with van der Waals surface area (Å²) in [4.78, 5) is 0. The molecule has 0 unspecified atom stereocenters. The summed E-state index contributed by atoms with van der Waals surface area (Å²) in [6, 6.07) is 18.5. The van der Waals surface area contributed by atoms with Gasteiger partial charge in [0.15, 0.2) is 0 Å². The van der Waals surface area contributed by atoms with Gasteiger partial charge in [0.2, 0.25) is 0 Å². The van der Waals surface area contributed by atoms with Crippen molar-refractivity contribution in [1.29, 1.82) is 0 Å². The Bertz CT molecular complexity index is 862. The summed E-state index contributed by atoms with van der Waals surface area (Å²) in [5.74, 6) is 0.613. The Morgan fingerprint density at radius 3 is 1.62 bits per heavy atom. The van der Waals surface area contributed by atoms with Crippen LogP contribution >= 0.6 is 0 Å². The first-order valence-corrected chi connectivity index (χ1v) is 8.96. The molecular formula is C23H24O3. The average molecular weight is 348 g/mol. The van der Waals surface area contributed by atoms with Crippen LogP contribution in [0.4, 0.5) is 0 Å². The summed E-state index contributed by atoms with van der Waals surface area (Å²) in [5, 5.41) is 30.6. The number of hydrogen-bond donors (Lipinski definition) is 3. The van der Waals surface area contributed by atoms with Crippen LogP contribution in [-0.4, -0.2) is 15.3 Å². The predicted molar refractivity (Wildman–Crippen MR) is 104 cm³/mol. The van der Waals surface area contributed by atoms with Crippen LogP contribution in [0.5, 0.6) is 17.2 Å². The maximum absolute atomic E-state index is 10.5. The summed E-state index contributed by atoms with van der Waals surface area (Å²) in [6.45, 7) is 4.01. The highest BCUT2D eigenvalue weighted by atomic mass is 16.3. The standard InChI is InChI=1S/C23H24O3/c1-3-15-13-17(9-11-20(15)24)23(19-7-5-6-8-22(19)26)18-10-12-21(25)16(4-2)14-18/h5-14,23-26H,3-4H2,1-2H3. The van der Waals surface area contributed by atoms with Crippen molar-refractivity contribution in [2.45, 2.75) is 32.6 Å².